The Hall–Kier alpha value is -3.22. The van der Waals surface area contributed by atoms with E-state index in [1.54, 1.807) is 7.11 Å². The Morgan fingerprint density at radius 3 is 1.97 bits per heavy atom. The van der Waals surface area contributed by atoms with Gasteiger partial charge in [0.05, 0.1) is 12.9 Å². The molecule has 3 aromatic carbocycles. The van der Waals surface area contributed by atoms with Crippen LogP contribution in [0.1, 0.15) is 6.42 Å². The lowest BCUT2D eigenvalue weighted by molar-refractivity contribution is -0.696. The third kappa shape index (κ3) is 5.29. The van der Waals surface area contributed by atoms with Crippen LogP contribution in [0.2, 0.25) is 0 Å². The first-order valence-corrected chi connectivity index (χ1v) is 11.7. The summed E-state index contributed by atoms with van der Waals surface area (Å²) < 4.78 is 37.7. The van der Waals surface area contributed by atoms with Gasteiger partial charge in [0, 0.05) is 18.6 Å². The third-order valence-electron chi connectivity index (χ3n) is 5.31. The van der Waals surface area contributed by atoms with E-state index in [0.29, 0.717) is 13.0 Å². The highest BCUT2D eigenvalue weighted by Crippen LogP contribution is 2.28. The molecule has 4 rings (SSSR count). The SMILES string of the molecule is COc1ccc2cc(-c3ccc(-c4cc[n+](CCCS(=O)(=O)O)cc4)cc3)ccc2c1. The van der Waals surface area contributed by atoms with Crippen LogP contribution in [0, 0.1) is 0 Å². The summed E-state index contributed by atoms with van der Waals surface area (Å²) in [5, 5.41) is 2.32. The first-order chi connectivity index (χ1) is 14.9. The van der Waals surface area contributed by atoms with Crippen LogP contribution in [-0.2, 0) is 16.7 Å². The zero-order valence-electron chi connectivity index (χ0n) is 17.2. The van der Waals surface area contributed by atoms with Crippen LogP contribution >= 0.6 is 0 Å². The highest BCUT2D eigenvalue weighted by atomic mass is 32.2. The fourth-order valence-electron chi connectivity index (χ4n) is 3.61. The minimum Gasteiger partial charge on any atom is -0.497 e. The molecule has 0 atom stereocenters. The predicted molar refractivity (Wildman–Crippen MR) is 123 cm³/mol. The molecular weight excluding hydrogens is 410 g/mol. The zero-order valence-corrected chi connectivity index (χ0v) is 18.0. The molecule has 0 saturated carbocycles. The Morgan fingerprint density at radius 2 is 1.32 bits per heavy atom. The Morgan fingerprint density at radius 1 is 0.774 bits per heavy atom. The van der Waals surface area contributed by atoms with Crippen LogP contribution in [-0.4, -0.2) is 25.8 Å². The summed E-state index contributed by atoms with van der Waals surface area (Å²) in [5.74, 6) is 0.623. The highest BCUT2D eigenvalue weighted by molar-refractivity contribution is 7.85. The molecule has 5 nitrogen and oxygen atoms in total. The van der Waals surface area contributed by atoms with E-state index in [4.69, 9.17) is 9.29 Å². The molecule has 0 aliphatic carbocycles. The molecule has 0 saturated heterocycles. The molecule has 0 aliphatic heterocycles. The summed E-state index contributed by atoms with van der Waals surface area (Å²) in [4.78, 5) is 0. The van der Waals surface area contributed by atoms with Gasteiger partial charge in [-0.15, -0.1) is 0 Å². The zero-order chi connectivity index (χ0) is 21.8. The van der Waals surface area contributed by atoms with E-state index in [1.807, 2.05) is 41.2 Å². The number of aromatic nitrogens is 1. The van der Waals surface area contributed by atoms with Gasteiger partial charge in [-0.3, -0.25) is 4.55 Å². The molecule has 1 N–H and O–H groups in total. The van der Waals surface area contributed by atoms with Crippen LogP contribution in [0.5, 0.6) is 5.75 Å². The Bertz CT molecular complexity index is 1300. The fraction of sp³-hybridized carbons (Fsp3) is 0.160. The number of hydrogen-bond donors (Lipinski definition) is 1. The van der Waals surface area contributed by atoms with E-state index in [-0.39, 0.29) is 5.75 Å². The van der Waals surface area contributed by atoms with E-state index in [2.05, 4.69) is 48.5 Å². The number of rotatable bonds is 7. The van der Waals surface area contributed by atoms with Crippen molar-refractivity contribution in [3.05, 3.63) is 85.2 Å². The number of benzene rings is 3. The third-order valence-corrected chi connectivity index (χ3v) is 6.11. The summed E-state index contributed by atoms with van der Waals surface area (Å²) in [6.45, 7) is 0.535. The average Bonchev–Trinajstić information content (AvgIpc) is 2.78. The van der Waals surface area contributed by atoms with Crippen LogP contribution in [0.3, 0.4) is 0 Å². The molecular formula is C25H24NO4S+. The second kappa shape index (κ2) is 8.88. The molecule has 1 aromatic heterocycles. The smallest absolute Gasteiger partial charge is 0.265 e. The average molecular weight is 435 g/mol. The maximum Gasteiger partial charge on any atom is 0.265 e. The number of nitrogens with zero attached hydrogens (tertiary/aromatic N) is 1. The maximum atomic E-state index is 10.8. The Kier molecular flexibility index (Phi) is 6.02. The van der Waals surface area contributed by atoms with Gasteiger partial charge >= 0.3 is 0 Å². The second-order valence-electron chi connectivity index (χ2n) is 7.47. The van der Waals surface area contributed by atoms with E-state index in [1.165, 1.54) is 5.39 Å². The molecule has 158 valence electrons. The Labute approximate surface area is 182 Å². The van der Waals surface area contributed by atoms with Gasteiger partial charge in [0.25, 0.3) is 10.1 Å². The molecule has 0 aliphatic rings. The van der Waals surface area contributed by atoms with Gasteiger partial charge in [0.15, 0.2) is 12.4 Å². The molecule has 0 amide bonds. The minimum atomic E-state index is -3.91. The lowest BCUT2D eigenvalue weighted by atomic mass is 9.98. The number of pyridine rings is 1. The normalized spacial score (nSPS) is 11.5. The molecule has 0 spiro atoms. The van der Waals surface area contributed by atoms with Crippen LogP contribution < -0.4 is 9.30 Å². The lowest BCUT2D eigenvalue weighted by Gasteiger charge is -2.07. The van der Waals surface area contributed by atoms with Crippen molar-refractivity contribution in [2.75, 3.05) is 12.9 Å². The topological polar surface area (TPSA) is 67.5 Å². The van der Waals surface area contributed by atoms with Gasteiger partial charge in [-0.25, -0.2) is 4.57 Å². The van der Waals surface area contributed by atoms with Crippen molar-refractivity contribution < 1.29 is 22.3 Å². The molecule has 1 heterocycles. The number of fused-ring (bicyclic) bond motifs is 1. The van der Waals surface area contributed by atoms with Crippen LogP contribution in [0.15, 0.2) is 85.2 Å². The number of methoxy groups -OCH3 is 1. The van der Waals surface area contributed by atoms with Gasteiger partial charge in [0.2, 0.25) is 0 Å². The molecule has 0 radical (unpaired) electrons. The van der Waals surface area contributed by atoms with Crippen LogP contribution in [0.4, 0.5) is 0 Å². The number of ether oxygens (including phenoxy) is 1. The van der Waals surface area contributed by atoms with Gasteiger partial charge in [-0.2, -0.15) is 8.42 Å². The minimum absolute atomic E-state index is 0.231. The van der Waals surface area contributed by atoms with E-state index >= 15 is 0 Å². The second-order valence-corrected chi connectivity index (χ2v) is 9.04. The largest absolute Gasteiger partial charge is 0.497 e. The predicted octanol–water partition coefficient (Wildman–Crippen LogP) is 4.75. The maximum absolute atomic E-state index is 10.8. The van der Waals surface area contributed by atoms with Crippen molar-refractivity contribution in [1.82, 2.24) is 0 Å². The van der Waals surface area contributed by atoms with Crippen molar-refractivity contribution in [3.8, 4) is 28.0 Å². The Balaban J connectivity index is 1.48. The molecule has 4 aromatic rings. The summed E-state index contributed by atoms with van der Waals surface area (Å²) in [7, 11) is -2.23. The lowest BCUT2D eigenvalue weighted by Crippen LogP contribution is -2.33. The summed E-state index contributed by atoms with van der Waals surface area (Å²) in [5.41, 5.74) is 4.51. The van der Waals surface area contributed by atoms with Gasteiger partial charge in [-0.05, 0) is 51.2 Å². The van der Waals surface area contributed by atoms with Gasteiger partial charge in [-0.1, -0.05) is 42.5 Å². The van der Waals surface area contributed by atoms with Crippen LogP contribution in [0.25, 0.3) is 33.0 Å². The molecule has 0 unspecified atom stereocenters. The molecule has 0 fully saturated rings. The van der Waals surface area contributed by atoms with Gasteiger partial charge in [0.1, 0.15) is 12.3 Å². The van der Waals surface area contributed by atoms with Crippen molar-refractivity contribution in [1.29, 1.82) is 0 Å². The fourth-order valence-corrected chi connectivity index (χ4v) is 4.11. The molecule has 0 bridgehead atoms. The number of hydrogen-bond acceptors (Lipinski definition) is 3. The molecule has 31 heavy (non-hydrogen) atoms. The highest BCUT2D eigenvalue weighted by Gasteiger charge is 2.08. The van der Waals surface area contributed by atoms with Crippen molar-refractivity contribution in [3.63, 3.8) is 0 Å². The van der Waals surface area contributed by atoms with Crippen molar-refractivity contribution in [2.45, 2.75) is 13.0 Å². The van der Waals surface area contributed by atoms with Gasteiger partial charge < -0.3 is 4.74 Å². The first-order valence-electron chi connectivity index (χ1n) is 10.0. The van der Waals surface area contributed by atoms with E-state index in [0.717, 1.165) is 33.4 Å². The van der Waals surface area contributed by atoms with Crippen molar-refractivity contribution >= 4 is 20.9 Å². The van der Waals surface area contributed by atoms with E-state index < -0.39 is 10.1 Å². The summed E-state index contributed by atoms with van der Waals surface area (Å²) in [6, 6.07) is 24.9. The standard InChI is InChI=1S/C25H23NO4S/c1-30-25-10-9-23-17-22(7-8-24(23)18-25)20-5-3-19(4-6-20)21-11-14-26(15-12-21)13-2-16-31(27,28)29/h3-12,14-15,17-18H,2,13,16H2,1H3/p+1. The van der Waals surface area contributed by atoms with Crippen molar-refractivity contribution in [2.24, 2.45) is 0 Å². The number of aryl methyl sites for hydroxylation is 1. The summed E-state index contributed by atoms with van der Waals surface area (Å²) in [6.07, 6.45) is 4.21. The quantitative estimate of drug-likeness (QED) is 0.337. The van der Waals surface area contributed by atoms with E-state index in [9.17, 15) is 8.42 Å². The molecule has 6 heteroatoms. The monoisotopic (exact) mass is 434 g/mol. The first kappa shape index (κ1) is 21.0. The summed E-state index contributed by atoms with van der Waals surface area (Å²) >= 11 is 0.